The lowest BCUT2D eigenvalue weighted by atomic mass is 10.2. The summed E-state index contributed by atoms with van der Waals surface area (Å²) >= 11 is 1.64. The van der Waals surface area contributed by atoms with Crippen molar-refractivity contribution in [3.05, 3.63) is 35.1 Å². The fourth-order valence-corrected chi connectivity index (χ4v) is 2.87. The molecule has 3 aromatic rings. The monoisotopic (exact) mass is 299 g/mol. The first-order valence-electron chi connectivity index (χ1n) is 6.86. The fourth-order valence-electron chi connectivity index (χ4n) is 2.16. The third-order valence-corrected chi connectivity index (χ3v) is 4.13. The van der Waals surface area contributed by atoms with E-state index in [0.717, 1.165) is 45.3 Å². The van der Waals surface area contributed by atoms with Gasteiger partial charge in [0.1, 0.15) is 17.5 Å². The van der Waals surface area contributed by atoms with Crippen LogP contribution in [0.4, 0.5) is 17.3 Å². The highest BCUT2D eigenvalue weighted by Gasteiger charge is 2.10. The Morgan fingerprint density at radius 1 is 1.19 bits per heavy atom. The van der Waals surface area contributed by atoms with Crippen LogP contribution < -0.4 is 10.6 Å². The molecule has 5 nitrogen and oxygen atoms in total. The van der Waals surface area contributed by atoms with Crippen LogP contribution in [0.3, 0.4) is 0 Å². The van der Waals surface area contributed by atoms with E-state index in [2.05, 4.69) is 38.6 Å². The number of nitrogens with one attached hydrogen (secondary N) is 2. The van der Waals surface area contributed by atoms with Gasteiger partial charge in [0.05, 0.1) is 15.7 Å². The van der Waals surface area contributed by atoms with Crippen molar-refractivity contribution in [1.82, 2.24) is 15.0 Å². The Balaban J connectivity index is 1.99. The van der Waals surface area contributed by atoms with E-state index in [1.165, 1.54) is 0 Å². The van der Waals surface area contributed by atoms with E-state index in [4.69, 9.17) is 0 Å². The average Bonchev–Trinajstić information content (AvgIpc) is 2.97. The van der Waals surface area contributed by atoms with E-state index in [1.807, 2.05) is 31.6 Å². The molecule has 1 aromatic carbocycles. The summed E-state index contributed by atoms with van der Waals surface area (Å²) in [6.07, 6.45) is 0.803. The lowest BCUT2D eigenvalue weighted by Crippen LogP contribution is -2.06. The van der Waals surface area contributed by atoms with Crippen molar-refractivity contribution in [2.24, 2.45) is 0 Å². The maximum absolute atomic E-state index is 4.59. The number of nitrogens with zero attached hydrogens (tertiary/aromatic N) is 3. The average molecular weight is 299 g/mol. The minimum atomic E-state index is 0.803. The Hall–Kier alpha value is -2.21. The van der Waals surface area contributed by atoms with Gasteiger partial charge in [-0.15, -0.1) is 11.3 Å². The summed E-state index contributed by atoms with van der Waals surface area (Å²) in [6.45, 7) is 4.07. The zero-order chi connectivity index (χ0) is 14.8. The molecule has 0 fully saturated rings. The highest BCUT2D eigenvalue weighted by atomic mass is 32.1. The van der Waals surface area contributed by atoms with Gasteiger partial charge >= 0.3 is 0 Å². The van der Waals surface area contributed by atoms with E-state index in [1.54, 1.807) is 11.3 Å². The molecule has 6 heteroatoms. The van der Waals surface area contributed by atoms with Crippen molar-refractivity contribution in [1.29, 1.82) is 0 Å². The van der Waals surface area contributed by atoms with Crippen LogP contribution in [-0.2, 0) is 6.42 Å². The molecule has 2 heterocycles. The third-order valence-electron chi connectivity index (χ3n) is 3.34. The van der Waals surface area contributed by atoms with Crippen molar-refractivity contribution in [3.63, 3.8) is 0 Å². The molecular weight excluding hydrogens is 282 g/mol. The van der Waals surface area contributed by atoms with Gasteiger partial charge in [0, 0.05) is 24.7 Å². The minimum Gasteiger partial charge on any atom is -0.373 e. The van der Waals surface area contributed by atoms with Gasteiger partial charge in [-0.1, -0.05) is 6.92 Å². The van der Waals surface area contributed by atoms with Gasteiger partial charge in [-0.3, -0.25) is 0 Å². The Kier molecular flexibility index (Phi) is 3.70. The molecule has 0 unspecified atom stereocenters. The smallest absolute Gasteiger partial charge is 0.139 e. The van der Waals surface area contributed by atoms with E-state index in [0.29, 0.717) is 0 Å². The first kappa shape index (κ1) is 13.8. The molecule has 2 aromatic heterocycles. The zero-order valence-electron chi connectivity index (χ0n) is 12.3. The summed E-state index contributed by atoms with van der Waals surface area (Å²) in [5, 5.41) is 6.51. The Labute approximate surface area is 127 Å². The third kappa shape index (κ3) is 2.67. The standard InChI is InChI=1S/C15H17N5S/c1-4-13-19-14(16-3)9(2)15(20-13)18-10-5-6-11-12(7-10)21-8-17-11/h5-8H,4H2,1-3H3,(H2,16,18,19,20). The van der Waals surface area contributed by atoms with Gasteiger partial charge in [-0.2, -0.15) is 0 Å². The number of fused-ring (bicyclic) bond motifs is 1. The predicted molar refractivity (Wildman–Crippen MR) is 88.6 cm³/mol. The van der Waals surface area contributed by atoms with E-state index in [-0.39, 0.29) is 0 Å². The van der Waals surface area contributed by atoms with Crippen LogP contribution in [0.15, 0.2) is 23.7 Å². The zero-order valence-corrected chi connectivity index (χ0v) is 13.1. The molecular formula is C15H17N5S. The normalized spacial score (nSPS) is 10.8. The number of rotatable bonds is 4. The topological polar surface area (TPSA) is 62.7 Å². The van der Waals surface area contributed by atoms with Crippen molar-refractivity contribution in [2.45, 2.75) is 20.3 Å². The number of benzene rings is 1. The lowest BCUT2D eigenvalue weighted by Gasteiger charge is -2.13. The summed E-state index contributed by atoms with van der Waals surface area (Å²) in [5.41, 5.74) is 4.91. The van der Waals surface area contributed by atoms with Crippen LogP contribution in [0.25, 0.3) is 10.2 Å². The van der Waals surface area contributed by atoms with Gasteiger partial charge in [0.15, 0.2) is 0 Å². The number of hydrogen-bond donors (Lipinski definition) is 2. The highest BCUT2D eigenvalue weighted by Crippen LogP contribution is 2.27. The molecule has 0 spiro atoms. The van der Waals surface area contributed by atoms with Crippen LogP contribution in [-0.4, -0.2) is 22.0 Å². The Morgan fingerprint density at radius 2 is 2.00 bits per heavy atom. The largest absolute Gasteiger partial charge is 0.373 e. The highest BCUT2D eigenvalue weighted by molar-refractivity contribution is 7.16. The van der Waals surface area contributed by atoms with Gasteiger partial charge in [-0.25, -0.2) is 15.0 Å². The molecule has 0 radical (unpaired) electrons. The summed E-state index contributed by atoms with van der Waals surface area (Å²) in [7, 11) is 1.88. The van der Waals surface area contributed by atoms with Gasteiger partial charge in [-0.05, 0) is 25.1 Å². The summed E-state index contributed by atoms with van der Waals surface area (Å²) in [5.74, 6) is 2.53. The maximum atomic E-state index is 4.59. The SMILES string of the molecule is CCc1nc(NC)c(C)c(Nc2ccc3ncsc3c2)n1. The fraction of sp³-hybridized carbons (Fsp3) is 0.267. The van der Waals surface area contributed by atoms with Gasteiger partial charge < -0.3 is 10.6 Å². The maximum Gasteiger partial charge on any atom is 0.139 e. The molecule has 3 rings (SSSR count). The minimum absolute atomic E-state index is 0.803. The molecule has 2 N–H and O–H groups in total. The van der Waals surface area contributed by atoms with Crippen molar-refractivity contribution in [3.8, 4) is 0 Å². The second kappa shape index (κ2) is 5.65. The van der Waals surface area contributed by atoms with Crippen LogP contribution in [0.5, 0.6) is 0 Å². The van der Waals surface area contributed by atoms with Crippen LogP contribution >= 0.6 is 11.3 Å². The predicted octanol–water partition coefficient (Wildman–Crippen LogP) is 3.74. The first-order valence-corrected chi connectivity index (χ1v) is 7.74. The number of anilines is 3. The second-order valence-corrected chi connectivity index (χ2v) is 5.61. The van der Waals surface area contributed by atoms with Gasteiger partial charge in [0.25, 0.3) is 0 Å². The number of aryl methyl sites for hydroxylation is 1. The molecule has 0 saturated carbocycles. The second-order valence-electron chi connectivity index (χ2n) is 4.73. The van der Waals surface area contributed by atoms with E-state index < -0.39 is 0 Å². The van der Waals surface area contributed by atoms with Crippen LogP contribution in [0.1, 0.15) is 18.3 Å². The van der Waals surface area contributed by atoms with E-state index in [9.17, 15) is 0 Å². The molecule has 0 bridgehead atoms. The molecule has 0 atom stereocenters. The van der Waals surface area contributed by atoms with Gasteiger partial charge in [0.2, 0.25) is 0 Å². The molecule has 0 aliphatic heterocycles. The molecule has 0 aliphatic carbocycles. The Morgan fingerprint density at radius 3 is 2.76 bits per heavy atom. The Bertz CT molecular complexity index is 781. The molecule has 108 valence electrons. The molecule has 21 heavy (non-hydrogen) atoms. The number of aromatic nitrogens is 3. The molecule has 0 aliphatic rings. The molecule has 0 saturated heterocycles. The van der Waals surface area contributed by atoms with Crippen molar-refractivity contribution >= 4 is 38.9 Å². The quantitative estimate of drug-likeness (QED) is 0.768. The summed E-state index contributed by atoms with van der Waals surface area (Å²) in [6, 6.07) is 6.14. The van der Waals surface area contributed by atoms with Crippen molar-refractivity contribution < 1.29 is 0 Å². The molecule has 0 amide bonds. The van der Waals surface area contributed by atoms with E-state index >= 15 is 0 Å². The number of thiazole rings is 1. The lowest BCUT2D eigenvalue weighted by molar-refractivity contribution is 0.935. The number of hydrogen-bond acceptors (Lipinski definition) is 6. The first-order chi connectivity index (χ1) is 10.2. The van der Waals surface area contributed by atoms with Crippen molar-refractivity contribution in [2.75, 3.05) is 17.7 Å². The van der Waals surface area contributed by atoms with Crippen LogP contribution in [0, 0.1) is 6.92 Å². The summed E-state index contributed by atoms with van der Waals surface area (Å²) in [4.78, 5) is 13.4. The van der Waals surface area contributed by atoms with Crippen LogP contribution in [0.2, 0.25) is 0 Å². The summed E-state index contributed by atoms with van der Waals surface area (Å²) < 4.78 is 1.16.